The fraction of sp³-hybridized carbons (Fsp3) is 0.500. The third-order valence-electron chi connectivity index (χ3n) is 2.07. The second kappa shape index (κ2) is 3.08. The predicted molar refractivity (Wildman–Crippen MR) is 53.7 cm³/mol. The smallest absolute Gasteiger partial charge is 0.0890 e. The van der Waals surface area contributed by atoms with E-state index in [9.17, 15) is 0 Å². The summed E-state index contributed by atoms with van der Waals surface area (Å²) < 4.78 is 1.12. The van der Waals surface area contributed by atoms with E-state index in [4.69, 9.17) is 11.6 Å². The number of fused-ring (bicyclic) bond motifs is 1. The van der Waals surface area contributed by atoms with Crippen molar-refractivity contribution in [3.63, 3.8) is 0 Å². The molecule has 0 radical (unpaired) electrons. The number of thiophene rings is 1. The predicted octanol–water partition coefficient (Wildman–Crippen LogP) is 4.04. The van der Waals surface area contributed by atoms with Crippen LogP contribution in [-0.4, -0.2) is 0 Å². The van der Waals surface area contributed by atoms with Crippen LogP contribution in [0.4, 0.5) is 0 Å². The third kappa shape index (κ3) is 1.36. The van der Waals surface area contributed by atoms with E-state index in [-0.39, 0.29) is 0 Å². The lowest BCUT2D eigenvalue weighted by Gasteiger charge is -2.09. The topological polar surface area (TPSA) is 0 Å². The van der Waals surface area contributed by atoms with Crippen LogP contribution in [0.5, 0.6) is 0 Å². The van der Waals surface area contributed by atoms with Crippen molar-refractivity contribution in [2.75, 3.05) is 0 Å². The van der Waals surface area contributed by atoms with E-state index in [2.05, 4.69) is 15.9 Å². The molecule has 1 aliphatic rings. The highest BCUT2D eigenvalue weighted by Gasteiger charge is 2.17. The number of halogens is 2. The Kier molecular flexibility index (Phi) is 2.26. The first-order chi connectivity index (χ1) is 5.29. The summed E-state index contributed by atoms with van der Waals surface area (Å²) in [6, 6.07) is 0. The summed E-state index contributed by atoms with van der Waals surface area (Å²) in [5.41, 5.74) is 1.40. The quantitative estimate of drug-likeness (QED) is 0.653. The van der Waals surface area contributed by atoms with E-state index in [1.807, 2.05) is 0 Å². The van der Waals surface area contributed by atoms with Crippen LogP contribution in [0.2, 0.25) is 5.02 Å². The number of rotatable bonds is 0. The van der Waals surface area contributed by atoms with Crippen LogP contribution in [0.1, 0.15) is 23.3 Å². The molecule has 0 amide bonds. The molecule has 11 heavy (non-hydrogen) atoms. The van der Waals surface area contributed by atoms with Crippen molar-refractivity contribution in [1.29, 1.82) is 0 Å². The van der Waals surface area contributed by atoms with Crippen LogP contribution in [0.15, 0.2) is 3.79 Å². The van der Waals surface area contributed by atoms with E-state index in [1.54, 1.807) is 11.3 Å². The molecule has 2 rings (SSSR count). The molecule has 0 unspecified atom stereocenters. The van der Waals surface area contributed by atoms with Crippen molar-refractivity contribution in [3.05, 3.63) is 19.2 Å². The molecule has 0 bridgehead atoms. The zero-order valence-electron chi connectivity index (χ0n) is 5.99. The van der Waals surface area contributed by atoms with Gasteiger partial charge in [0.1, 0.15) is 0 Å². The van der Waals surface area contributed by atoms with E-state index in [1.165, 1.54) is 36.1 Å². The molecule has 3 heteroatoms. The van der Waals surface area contributed by atoms with Crippen molar-refractivity contribution < 1.29 is 0 Å². The molecular formula is C8H8BrClS. The van der Waals surface area contributed by atoms with Gasteiger partial charge in [0.15, 0.2) is 0 Å². The van der Waals surface area contributed by atoms with Gasteiger partial charge in [-0.1, -0.05) is 11.6 Å². The maximum absolute atomic E-state index is 6.09. The van der Waals surface area contributed by atoms with Gasteiger partial charge >= 0.3 is 0 Å². The van der Waals surface area contributed by atoms with Crippen molar-refractivity contribution in [2.45, 2.75) is 25.7 Å². The second-order valence-corrected chi connectivity index (χ2v) is 5.60. The maximum atomic E-state index is 6.09. The molecule has 0 saturated carbocycles. The van der Waals surface area contributed by atoms with Gasteiger partial charge in [0.2, 0.25) is 0 Å². The number of hydrogen-bond acceptors (Lipinski definition) is 1. The van der Waals surface area contributed by atoms with Gasteiger partial charge < -0.3 is 0 Å². The first-order valence-electron chi connectivity index (χ1n) is 3.74. The first kappa shape index (κ1) is 8.09. The van der Waals surface area contributed by atoms with Crippen molar-refractivity contribution >= 4 is 38.9 Å². The molecule has 1 aromatic rings. The van der Waals surface area contributed by atoms with Crippen molar-refractivity contribution in [2.24, 2.45) is 0 Å². The zero-order chi connectivity index (χ0) is 7.84. The average molecular weight is 252 g/mol. The molecule has 0 aromatic carbocycles. The van der Waals surface area contributed by atoms with Crippen LogP contribution in [0.3, 0.4) is 0 Å². The lowest BCUT2D eigenvalue weighted by molar-refractivity contribution is 0.697. The molecule has 0 atom stereocenters. The fourth-order valence-electron chi connectivity index (χ4n) is 1.49. The Morgan fingerprint density at radius 2 is 2.00 bits per heavy atom. The summed E-state index contributed by atoms with van der Waals surface area (Å²) in [4.78, 5) is 1.49. The van der Waals surface area contributed by atoms with Gasteiger partial charge in [0.05, 0.1) is 8.81 Å². The summed E-state index contributed by atoms with van der Waals surface area (Å²) >= 11 is 11.4. The van der Waals surface area contributed by atoms with Gasteiger partial charge in [-0.05, 0) is 47.2 Å². The van der Waals surface area contributed by atoms with E-state index >= 15 is 0 Å². The van der Waals surface area contributed by atoms with Gasteiger partial charge in [-0.3, -0.25) is 0 Å². The number of hydrogen-bond donors (Lipinski definition) is 0. The Morgan fingerprint density at radius 3 is 2.73 bits per heavy atom. The highest BCUT2D eigenvalue weighted by atomic mass is 79.9. The maximum Gasteiger partial charge on any atom is 0.0890 e. The molecule has 0 nitrogen and oxygen atoms in total. The minimum absolute atomic E-state index is 0.963. The highest BCUT2D eigenvalue weighted by molar-refractivity contribution is 9.11. The second-order valence-electron chi connectivity index (χ2n) is 2.80. The molecule has 60 valence electrons. The van der Waals surface area contributed by atoms with Crippen LogP contribution < -0.4 is 0 Å². The van der Waals surface area contributed by atoms with Crippen LogP contribution in [0.25, 0.3) is 0 Å². The molecular weight excluding hydrogens is 244 g/mol. The zero-order valence-corrected chi connectivity index (χ0v) is 9.15. The fourth-order valence-corrected chi connectivity index (χ4v) is 3.70. The SMILES string of the molecule is Clc1c(Br)sc2c1CCCC2. The van der Waals surface area contributed by atoms with Gasteiger partial charge in [0, 0.05) is 4.88 Å². The summed E-state index contributed by atoms with van der Waals surface area (Å²) in [5, 5.41) is 0.963. The lowest BCUT2D eigenvalue weighted by Crippen LogP contribution is -1.97. The minimum atomic E-state index is 0.963. The lowest BCUT2D eigenvalue weighted by atomic mass is 10.00. The van der Waals surface area contributed by atoms with Crippen LogP contribution in [0, 0.1) is 0 Å². The highest BCUT2D eigenvalue weighted by Crippen LogP contribution is 2.40. The monoisotopic (exact) mass is 250 g/mol. The van der Waals surface area contributed by atoms with Gasteiger partial charge in [0.25, 0.3) is 0 Å². The largest absolute Gasteiger partial charge is 0.131 e. The molecule has 0 aliphatic heterocycles. The van der Waals surface area contributed by atoms with E-state index in [0.717, 1.165) is 8.81 Å². The summed E-state index contributed by atoms with van der Waals surface area (Å²) in [6.45, 7) is 0. The average Bonchev–Trinajstić information content (AvgIpc) is 2.30. The summed E-state index contributed by atoms with van der Waals surface area (Å²) in [5.74, 6) is 0. The van der Waals surface area contributed by atoms with Crippen molar-refractivity contribution in [1.82, 2.24) is 0 Å². The Hall–Kier alpha value is 0.470. The van der Waals surface area contributed by atoms with E-state index in [0.29, 0.717) is 0 Å². The van der Waals surface area contributed by atoms with Gasteiger partial charge in [-0.25, -0.2) is 0 Å². The van der Waals surface area contributed by atoms with Gasteiger partial charge in [-0.15, -0.1) is 11.3 Å². The third-order valence-corrected chi connectivity index (χ3v) is 4.79. The molecule has 0 N–H and O–H groups in total. The number of aryl methyl sites for hydroxylation is 1. The normalized spacial score (nSPS) is 16.5. The molecule has 1 aromatic heterocycles. The first-order valence-corrected chi connectivity index (χ1v) is 5.73. The van der Waals surface area contributed by atoms with Crippen molar-refractivity contribution in [3.8, 4) is 0 Å². The summed E-state index contributed by atoms with van der Waals surface area (Å²) in [7, 11) is 0. The van der Waals surface area contributed by atoms with Crippen LogP contribution >= 0.6 is 38.9 Å². The summed E-state index contributed by atoms with van der Waals surface area (Å²) in [6.07, 6.45) is 5.04. The Morgan fingerprint density at radius 1 is 1.27 bits per heavy atom. The van der Waals surface area contributed by atoms with E-state index < -0.39 is 0 Å². The molecule has 0 saturated heterocycles. The molecule has 1 heterocycles. The minimum Gasteiger partial charge on any atom is -0.131 e. The Balaban J connectivity index is 2.50. The van der Waals surface area contributed by atoms with Gasteiger partial charge in [-0.2, -0.15) is 0 Å². The molecule has 0 spiro atoms. The standard InChI is InChI=1S/C8H8BrClS/c9-8-7(10)5-3-1-2-4-6(5)11-8/h1-4H2. The Bertz CT molecular complexity index is 280. The Labute approximate surface area is 83.7 Å². The van der Waals surface area contributed by atoms with Crippen LogP contribution in [-0.2, 0) is 12.8 Å². The molecule has 0 fully saturated rings. The molecule has 1 aliphatic carbocycles.